The minimum absolute atomic E-state index is 0.251. The summed E-state index contributed by atoms with van der Waals surface area (Å²) in [5.74, 6) is 1.57. The maximum absolute atomic E-state index is 6.05. The van der Waals surface area contributed by atoms with E-state index in [4.69, 9.17) is 5.73 Å². The summed E-state index contributed by atoms with van der Waals surface area (Å²) in [5, 5.41) is 8.11. The fourth-order valence-electron chi connectivity index (χ4n) is 1.91. The van der Waals surface area contributed by atoms with Crippen molar-refractivity contribution >= 4 is 5.82 Å². The van der Waals surface area contributed by atoms with Crippen LogP contribution in [0.2, 0.25) is 0 Å². The van der Waals surface area contributed by atoms with Crippen molar-refractivity contribution in [3.63, 3.8) is 0 Å². The predicted octanol–water partition coefficient (Wildman–Crippen LogP) is 0.959. The average Bonchev–Trinajstić information content (AvgIpc) is 2.22. The maximum atomic E-state index is 6.05. The molecule has 1 aromatic rings. The first-order valence-electron chi connectivity index (χ1n) is 5.46. The molecule has 0 saturated carbocycles. The SMILES string of the molecule is Cc1cnnc(N2CCC(C)C(N)C2)c1. The molecule has 2 rings (SSSR count). The lowest BCUT2D eigenvalue weighted by Crippen LogP contribution is -2.48. The van der Waals surface area contributed by atoms with Crippen molar-refractivity contribution < 1.29 is 0 Å². The van der Waals surface area contributed by atoms with E-state index in [1.165, 1.54) is 0 Å². The van der Waals surface area contributed by atoms with Crippen molar-refractivity contribution in [1.29, 1.82) is 0 Å². The zero-order valence-electron chi connectivity index (χ0n) is 9.35. The van der Waals surface area contributed by atoms with Gasteiger partial charge in [0.05, 0.1) is 6.20 Å². The highest BCUT2D eigenvalue weighted by atomic mass is 15.3. The fraction of sp³-hybridized carbons (Fsp3) is 0.636. The monoisotopic (exact) mass is 206 g/mol. The van der Waals surface area contributed by atoms with Gasteiger partial charge in [-0.25, -0.2) is 0 Å². The summed E-state index contributed by atoms with van der Waals surface area (Å²) in [6.07, 6.45) is 2.91. The topological polar surface area (TPSA) is 55.0 Å². The van der Waals surface area contributed by atoms with Gasteiger partial charge in [0.25, 0.3) is 0 Å². The average molecular weight is 206 g/mol. The van der Waals surface area contributed by atoms with Crippen LogP contribution in [0.25, 0.3) is 0 Å². The molecule has 2 unspecified atom stereocenters. The molecule has 1 fully saturated rings. The molecular formula is C11H18N4. The van der Waals surface area contributed by atoms with Crippen molar-refractivity contribution in [3.8, 4) is 0 Å². The summed E-state index contributed by atoms with van der Waals surface area (Å²) in [6, 6.07) is 2.32. The van der Waals surface area contributed by atoms with E-state index in [1.807, 2.05) is 6.92 Å². The molecule has 0 radical (unpaired) electrons. The van der Waals surface area contributed by atoms with Crippen LogP contribution in [0.1, 0.15) is 18.9 Å². The Labute approximate surface area is 90.5 Å². The van der Waals surface area contributed by atoms with E-state index in [-0.39, 0.29) is 6.04 Å². The molecule has 1 aliphatic rings. The summed E-state index contributed by atoms with van der Waals surface area (Å²) in [7, 11) is 0. The Morgan fingerprint density at radius 3 is 3.00 bits per heavy atom. The molecule has 0 bridgehead atoms. The number of piperidine rings is 1. The zero-order chi connectivity index (χ0) is 10.8. The first-order valence-corrected chi connectivity index (χ1v) is 5.46. The van der Waals surface area contributed by atoms with E-state index in [2.05, 4.69) is 28.1 Å². The van der Waals surface area contributed by atoms with Crippen LogP contribution >= 0.6 is 0 Å². The lowest BCUT2D eigenvalue weighted by molar-refractivity contribution is 0.377. The summed E-state index contributed by atoms with van der Waals surface area (Å²) in [4.78, 5) is 2.23. The van der Waals surface area contributed by atoms with Crippen LogP contribution in [-0.2, 0) is 0 Å². The molecule has 4 nitrogen and oxygen atoms in total. The molecule has 82 valence electrons. The van der Waals surface area contributed by atoms with Crippen molar-refractivity contribution in [3.05, 3.63) is 17.8 Å². The van der Waals surface area contributed by atoms with E-state index < -0.39 is 0 Å². The molecule has 15 heavy (non-hydrogen) atoms. The van der Waals surface area contributed by atoms with Gasteiger partial charge < -0.3 is 10.6 Å². The van der Waals surface area contributed by atoms with Crippen molar-refractivity contribution in [1.82, 2.24) is 10.2 Å². The number of nitrogens with two attached hydrogens (primary N) is 1. The van der Waals surface area contributed by atoms with E-state index in [0.29, 0.717) is 5.92 Å². The van der Waals surface area contributed by atoms with Crippen LogP contribution in [0.5, 0.6) is 0 Å². The number of nitrogens with zero attached hydrogens (tertiary/aromatic N) is 3. The van der Waals surface area contributed by atoms with Crippen LogP contribution in [-0.4, -0.2) is 29.3 Å². The van der Waals surface area contributed by atoms with Crippen LogP contribution in [0.15, 0.2) is 12.3 Å². The summed E-state index contributed by atoms with van der Waals surface area (Å²) in [6.45, 7) is 6.17. The number of hydrogen-bond acceptors (Lipinski definition) is 4. The van der Waals surface area contributed by atoms with Crippen LogP contribution in [0, 0.1) is 12.8 Å². The molecule has 0 amide bonds. The predicted molar refractivity (Wildman–Crippen MR) is 60.7 cm³/mol. The second-order valence-electron chi connectivity index (χ2n) is 4.47. The summed E-state index contributed by atoms with van der Waals surface area (Å²) in [5.41, 5.74) is 7.20. The van der Waals surface area contributed by atoms with E-state index >= 15 is 0 Å². The number of aryl methyl sites for hydroxylation is 1. The molecule has 0 aromatic carbocycles. The Hall–Kier alpha value is -1.16. The summed E-state index contributed by atoms with van der Waals surface area (Å²) < 4.78 is 0. The highest BCUT2D eigenvalue weighted by molar-refractivity contribution is 5.39. The lowest BCUT2D eigenvalue weighted by Gasteiger charge is -2.35. The Morgan fingerprint density at radius 1 is 1.53 bits per heavy atom. The Morgan fingerprint density at radius 2 is 2.33 bits per heavy atom. The van der Waals surface area contributed by atoms with Gasteiger partial charge >= 0.3 is 0 Å². The van der Waals surface area contributed by atoms with E-state index in [1.54, 1.807) is 6.20 Å². The van der Waals surface area contributed by atoms with Gasteiger partial charge in [-0.3, -0.25) is 0 Å². The minimum atomic E-state index is 0.251. The highest BCUT2D eigenvalue weighted by Crippen LogP contribution is 2.20. The normalized spacial score (nSPS) is 26.7. The minimum Gasteiger partial charge on any atom is -0.354 e. The van der Waals surface area contributed by atoms with Crippen molar-refractivity contribution in [2.24, 2.45) is 11.7 Å². The Bertz CT molecular complexity index is 339. The number of aromatic nitrogens is 2. The smallest absolute Gasteiger partial charge is 0.151 e. The molecule has 4 heteroatoms. The van der Waals surface area contributed by atoms with Crippen LogP contribution in [0.3, 0.4) is 0 Å². The van der Waals surface area contributed by atoms with E-state index in [9.17, 15) is 0 Å². The van der Waals surface area contributed by atoms with Gasteiger partial charge in [-0.2, -0.15) is 5.10 Å². The third kappa shape index (κ3) is 2.26. The van der Waals surface area contributed by atoms with Gasteiger partial charge in [0, 0.05) is 19.1 Å². The molecule has 0 aliphatic carbocycles. The molecule has 1 aliphatic heterocycles. The molecule has 2 atom stereocenters. The van der Waals surface area contributed by atoms with Gasteiger partial charge in [0.2, 0.25) is 0 Å². The second kappa shape index (κ2) is 4.14. The highest BCUT2D eigenvalue weighted by Gasteiger charge is 2.23. The third-order valence-electron chi connectivity index (χ3n) is 3.12. The molecule has 1 aromatic heterocycles. The first-order chi connectivity index (χ1) is 7.16. The quantitative estimate of drug-likeness (QED) is 0.743. The lowest BCUT2D eigenvalue weighted by atomic mass is 9.94. The number of anilines is 1. The van der Waals surface area contributed by atoms with Crippen LogP contribution in [0.4, 0.5) is 5.82 Å². The van der Waals surface area contributed by atoms with E-state index in [0.717, 1.165) is 30.9 Å². The molecule has 2 N–H and O–H groups in total. The Balaban J connectivity index is 2.12. The fourth-order valence-corrected chi connectivity index (χ4v) is 1.91. The van der Waals surface area contributed by atoms with Gasteiger partial charge in [-0.15, -0.1) is 5.10 Å². The molecular weight excluding hydrogens is 188 g/mol. The van der Waals surface area contributed by atoms with Gasteiger partial charge in [-0.1, -0.05) is 6.92 Å². The largest absolute Gasteiger partial charge is 0.354 e. The molecule has 1 saturated heterocycles. The van der Waals surface area contributed by atoms with Gasteiger partial charge in [0.1, 0.15) is 0 Å². The van der Waals surface area contributed by atoms with Crippen molar-refractivity contribution in [2.45, 2.75) is 26.3 Å². The standard InChI is InChI=1S/C11H18N4/c1-8-5-11(14-13-6-8)15-4-3-9(2)10(12)7-15/h5-6,9-10H,3-4,7,12H2,1-2H3. The third-order valence-corrected chi connectivity index (χ3v) is 3.12. The first kappa shape index (κ1) is 10.4. The van der Waals surface area contributed by atoms with Crippen molar-refractivity contribution in [2.75, 3.05) is 18.0 Å². The number of rotatable bonds is 1. The second-order valence-corrected chi connectivity index (χ2v) is 4.47. The molecule has 2 heterocycles. The van der Waals surface area contributed by atoms with Gasteiger partial charge in [-0.05, 0) is 30.9 Å². The van der Waals surface area contributed by atoms with Crippen LogP contribution < -0.4 is 10.6 Å². The van der Waals surface area contributed by atoms with Gasteiger partial charge in [0.15, 0.2) is 5.82 Å². The Kier molecular flexibility index (Phi) is 2.86. The summed E-state index contributed by atoms with van der Waals surface area (Å²) >= 11 is 0. The molecule has 0 spiro atoms. The number of hydrogen-bond donors (Lipinski definition) is 1. The maximum Gasteiger partial charge on any atom is 0.151 e. The zero-order valence-corrected chi connectivity index (χ0v) is 9.35.